The number of hydrogen-bond acceptors (Lipinski definition) is 3. The summed E-state index contributed by atoms with van der Waals surface area (Å²) in [4.78, 5) is 12.1. The molecule has 1 unspecified atom stereocenters. The van der Waals surface area contributed by atoms with Crippen LogP contribution in [0.15, 0.2) is 60.7 Å². The van der Waals surface area contributed by atoms with Gasteiger partial charge in [0.15, 0.2) is 0 Å². The third-order valence-electron chi connectivity index (χ3n) is 4.69. The highest BCUT2D eigenvalue weighted by molar-refractivity contribution is 5.95. The second kappa shape index (κ2) is 11.0. The van der Waals surface area contributed by atoms with E-state index in [0.29, 0.717) is 23.7 Å². The molecule has 0 spiro atoms. The van der Waals surface area contributed by atoms with Crippen molar-refractivity contribution in [3.8, 4) is 17.2 Å². The second-order valence-electron chi connectivity index (χ2n) is 6.66. The molecule has 0 aliphatic carbocycles. The molecule has 0 saturated heterocycles. The van der Waals surface area contributed by atoms with Crippen molar-refractivity contribution < 1.29 is 9.53 Å². The summed E-state index contributed by atoms with van der Waals surface area (Å²) >= 11 is 0. The van der Waals surface area contributed by atoms with Gasteiger partial charge < -0.3 is 4.74 Å². The Hall–Kier alpha value is -2.86. The first-order chi connectivity index (χ1) is 13.2. The molecule has 0 N–H and O–H groups in total. The summed E-state index contributed by atoms with van der Waals surface area (Å²) in [7, 11) is 0. The number of rotatable bonds is 9. The Morgan fingerprint density at radius 3 is 2.33 bits per heavy atom. The lowest BCUT2D eigenvalue weighted by molar-refractivity contribution is -0.139. The molecule has 2 aromatic carbocycles. The Balaban J connectivity index is 2.02. The molecule has 0 heterocycles. The van der Waals surface area contributed by atoms with Gasteiger partial charge in [0.25, 0.3) is 0 Å². The van der Waals surface area contributed by atoms with Gasteiger partial charge in [0.2, 0.25) is 0 Å². The molecule has 140 valence electrons. The van der Waals surface area contributed by atoms with E-state index in [1.165, 1.54) is 6.08 Å². The minimum absolute atomic E-state index is 0.321. The lowest BCUT2D eigenvalue weighted by atomic mass is 10.0. The molecule has 3 heteroatoms. The van der Waals surface area contributed by atoms with Crippen LogP contribution in [0.25, 0.3) is 16.7 Å². The summed E-state index contributed by atoms with van der Waals surface area (Å²) in [5, 5.41) is 9.43. The Morgan fingerprint density at radius 2 is 1.74 bits per heavy atom. The molecule has 0 bridgehead atoms. The molecule has 1 atom stereocenters. The van der Waals surface area contributed by atoms with Gasteiger partial charge in [0.05, 0.1) is 12.2 Å². The third kappa shape index (κ3) is 6.42. The minimum Gasteiger partial charge on any atom is -0.462 e. The molecule has 3 nitrogen and oxygen atoms in total. The van der Waals surface area contributed by atoms with Gasteiger partial charge in [-0.3, -0.25) is 0 Å². The van der Waals surface area contributed by atoms with Gasteiger partial charge in [-0.05, 0) is 29.0 Å². The predicted octanol–water partition coefficient (Wildman–Crippen LogP) is 6.02. The molecule has 0 fully saturated rings. The Bertz CT molecular complexity index is 785. The van der Waals surface area contributed by atoms with E-state index in [9.17, 15) is 10.1 Å². The van der Waals surface area contributed by atoms with Crippen LogP contribution in [0.3, 0.4) is 0 Å². The Kier molecular flexibility index (Phi) is 8.32. The van der Waals surface area contributed by atoms with E-state index < -0.39 is 5.97 Å². The van der Waals surface area contributed by atoms with Crippen LogP contribution >= 0.6 is 0 Å². The fraction of sp³-hybridized carbons (Fsp3) is 0.333. The van der Waals surface area contributed by atoms with Crippen LogP contribution in [0.5, 0.6) is 0 Å². The molecule has 27 heavy (non-hydrogen) atoms. The highest BCUT2D eigenvalue weighted by Crippen LogP contribution is 2.22. The van der Waals surface area contributed by atoms with Crippen molar-refractivity contribution in [2.75, 3.05) is 6.61 Å². The van der Waals surface area contributed by atoms with Crippen LogP contribution in [-0.4, -0.2) is 12.6 Å². The maximum atomic E-state index is 12.1. The third-order valence-corrected chi connectivity index (χ3v) is 4.69. The average Bonchev–Trinajstić information content (AvgIpc) is 2.73. The van der Waals surface area contributed by atoms with Crippen LogP contribution in [0, 0.1) is 17.2 Å². The highest BCUT2D eigenvalue weighted by Gasteiger charge is 2.10. The van der Waals surface area contributed by atoms with E-state index in [0.717, 1.165) is 36.8 Å². The molecule has 0 saturated carbocycles. The number of unbranched alkanes of at least 4 members (excludes halogenated alkanes) is 1. The summed E-state index contributed by atoms with van der Waals surface area (Å²) in [6.45, 7) is 4.68. The Morgan fingerprint density at radius 1 is 1.07 bits per heavy atom. The molecular weight excluding hydrogens is 334 g/mol. The van der Waals surface area contributed by atoms with Crippen molar-refractivity contribution in [3.05, 3.63) is 66.2 Å². The Labute approximate surface area is 162 Å². The lowest BCUT2D eigenvalue weighted by Crippen LogP contribution is -2.12. The molecule has 0 radical (unpaired) electrons. The number of ether oxygens (including phenoxy) is 1. The van der Waals surface area contributed by atoms with Crippen molar-refractivity contribution >= 4 is 11.5 Å². The number of carbonyl (C=O) groups is 1. The SMILES string of the molecule is CCCCC(CC)COC(=O)C=C(C#N)c1ccc(-c2ccccc2)cc1. The number of allylic oxidation sites excluding steroid dienone is 1. The maximum absolute atomic E-state index is 12.1. The topological polar surface area (TPSA) is 50.1 Å². The molecule has 2 rings (SSSR count). The number of hydrogen-bond donors (Lipinski definition) is 0. The zero-order valence-electron chi connectivity index (χ0n) is 16.2. The molecular formula is C24H27NO2. The normalized spacial score (nSPS) is 12.3. The van der Waals surface area contributed by atoms with Gasteiger partial charge in [-0.15, -0.1) is 0 Å². The molecule has 0 aliphatic heterocycles. The van der Waals surface area contributed by atoms with Crippen LogP contribution in [0.1, 0.15) is 45.1 Å². The quantitative estimate of drug-likeness (QED) is 0.312. The zero-order chi connectivity index (χ0) is 19.5. The summed E-state index contributed by atoms with van der Waals surface area (Å²) in [5.74, 6) is -0.0633. The standard InChI is InChI=1S/C24H27NO2/c1-3-5-9-19(4-2)18-27-24(26)16-23(17-25)22-14-12-21(13-15-22)20-10-7-6-8-11-20/h6-8,10-16,19H,3-5,9,18H2,1-2H3. The van der Waals surface area contributed by atoms with Gasteiger partial charge in [0.1, 0.15) is 6.07 Å². The zero-order valence-corrected chi connectivity index (χ0v) is 16.2. The minimum atomic E-state index is -0.450. The van der Waals surface area contributed by atoms with Crippen LogP contribution in [0.2, 0.25) is 0 Å². The monoisotopic (exact) mass is 361 g/mol. The lowest BCUT2D eigenvalue weighted by Gasteiger charge is -2.13. The highest BCUT2D eigenvalue weighted by atomic mass is 16.5. The van der Waals surface area contributed by atoms with Crippen molar-refractivity contribution in [2.45, 2.75) is 39.5 Å². The van der Waals surface area contributed by atoms with E-state index >= 15 is 0 Å². The number of nitrogens with zero attached hydrogens (tertiary/aromatic N) is 1. The number of carbonyl (C=O) groups excluding carboxylic acids is 1. The van der Waals surface area contributed by atoms with Crippen LogP contribution in [0.4, 0.5) is 0 Å². The van der Waals surface area contributed by atoms with Gasteiger partial charge in [0, 0.05) is 6.08 Å². The molecule has 0 amide bonds. The van der Waals surface area contributed by atoms with E-state index in [4.69, 9.17) is 4.74 Å². The summed E-state index contributed by atoms with van der Waals surface area (Å²) < 4.78 is 5.37. The van der Waals surface area contributed by atoms with E-state index in [1.807, 2.05) is 54.6 Å². The predicted molar refractivity (Wildman–Crippen MR) is 110 cm³/mol. The van der Waals surface area contributed by atoms with Gasteiger partial charge in [-0.25, -0.2) is 4.79 Å². The largest absolute Gasteiger partial charge is 0.462 e. The van der Waals surface area contributed by atoms with E-state index in [2.05, 4.69) is 19.9 Å². The molecule has 0 aliphatic rings. The second-order valence-corrected chi connectivity index (χ2v) is 6.66. The van der Waals surface area contributed by atoms with E-state index in [1.54, 1.807) is 0 Å². The fourth-order valence-corrected chi connectivity index (χ4v) is 2.91. The van der Waals surface area contributed by atoms with E-state index in [-0.39, 0.29) is 0 Å². The molecule has 2 aromatic rings. The first-order valence-corrected chi connectivity index (χ1v) is 9.62. The van der Waals surface area contributed by atoms with Gasteiger partial charge >= 0.3 is 5.97 Å². The summed E-state index contributed by atoms with van der Waals surface area (Å²) in [6.07, 6.45) is 5.63. The number of nitriles is 1. The van der Waals surface area contributed by atoms with Crippen LogP contribution < -0.4 is 0 Å². The number of benzene rings is 2. The van der Waals surface area contributed by atoms with Crippen molar-refractivity contribution in [1.29, 1.82) is 5.26 Å². The first-order valence-electron chi connectivity index (χ1n) is 9.62. The van der Waals surface area contributed by atoms with Crippen molar-refractivity contribution in [2.24, 2.45) is 5.92 Å². The summed E-state index contributed by atoms with van der Waals surface area (Å²) in [5.41, 5.74) is 3.22. The summed E-state index contributed by atoms with van der Waals surface area (Å²) in [6, 6.07) is 19.8. The smallest absolute Gasteiger partial charge is 0.332 e. The van der Waals surface area contributed by atoms with Crippen molar-refractivity contribution in [1.82, 2.24) is 0 Å². The fourth-order valence-electron chi connectivity index (χ4n) is 2.91. The molecule has 0 aromatic heterocycles. The van der Waals surface area contributed by atoms with Gasteiger partial charge in [-0.2, -0.15) is 5.26 Å². The van der Waals surface area contributed by atoms with Crippen molar-refractivity contribution in [3.63, 3.8) is 0 Å². The first kappa shape index (κ1) is 20.5. The number of esters is 1. The average molecular weight is 361 g/mol. The van der Waals surface area contributed by atoms with Crippen LogP contribution in [-0.2, 0) is 9.53 Å². The van der Waals surface area contributed by atoms with Gasteiger partial charge in [-0.1, -0.05) is 87.7 Å². The maximum Gasteiger partial charge on any atom is 0.332 e.